The maximum Gasteiger partial charge on any atom is 0.320 e. The highest BCUT2D eigenvalue weighted by Crippen LogP contribution is 2.30. The summed E-state index contributed by atoms with van der Waals surface area (Å²) in [4.78, 5) is 0. The van der Waals surface area contributed by atoms with Crippen LogP contribution in [0.5, 0.6) is 0 Å². The highest BCUT2D eigenvalue weighted by Gasteiger charge is 2.12. The van der Waals surface area contributed by atoms with Gasteiger partial charge in [0.05, 0.1) is 10.6 Å². The van der Waals surface area contributed by atoms with E-state index < -0.39 is 0 Å². The maximum atomic E-state index is 12.8. The summed E-state index contributed by atoms with van der Waals surface area (Å²) < 4.78 is 18.3. The predicted octanol–water partition coefficient (Wildman–Crippen LogP) is 4.93. The van der Waals surface area contributed by atoms with Gasteiger partial charge in [0, 0.05) is 10.7 Å². The van der Waals surface area contributed by atoms with E-state index in [1.54, 1.807) is 30.3 Å². The zero-order chi connectivity index (χ0) is 14.8. The van der Waals surface area contributed by atoms with Crippen LogP contribution in [0.1, 0.15) is 0 Å². The minimum atomic E-state index is -0.320. The summed E-state index contributed by atoms with van der Waals surface area (Å²) in [6.45, 7) is 0. The van der Waals surface area contributed by atoms with E-state index in [0.717, 1.165) is 0 Å². The minimum Gasteiger partial charge on any atom is -0.403 e. The fraction of sp³-hybridized carbons (Fsp3) is 0. The standard InChI is InChI=1S/C14H8Cl2FN3O/c15-8-1-6-11(12(16)7-8)13-19-20-14(21-13)18-10-4-2-9(17)3-5-10/h1-7H,(H,18,20). The van der Waals surface area contributed by atoms with Crippen molar-refractivity contribution in [3.05, 3.63) is 58.3 Å². The molecule has 0 aliphatic heterocycles. The Kier molecular flexibility index (Phi) is 3.77. The molecule has 0 saturated heterocycles. The third kappa shape index (κ3) is 3.15. The quantitative estimate of drug-likeness (QED) is 0.742. The molecule has 4 nitrogen and oxygen atoms in total. The van der Waals surface area contributed by atoms with Gasteiger partial charge in [-0.25, -0.2) is 4.39 Å². The molecule has 1 N–H and O–H groups in total. The van der Waals surface area contributed by atoms with Crippen molar-refractivity contribution in [2.45, 2.75) is 0 Å². The van der Waals surface area contributed by atoms with Crippen LogP contribution in [-0.2, 0) is 0 Å². The molecular weight excluding hydrogens is 316 g/mol. The predicted molar refractivity (Wildman–Crippen MR) is 79.4 cm³/mol. The normalized spacial score (nSPS) is 10.6. The largest absolute Gasteiger partial charge is 0.403 e. The van der Waals surface area contributed by atoms with Crippen molar-refractivity contribution < 1.29 is 8.81 Å². The molecule has 0 spiro atoms. The summed E-state index contributed by atoms with van der Waals surface area (Å²) in [6, 6.07) is 10.9. The van der Waals surface area contributed by atoms with Gasteiger partial charge in [-0.3, -0.25) is 0 Å². The fourth-order valence-corrected chi connectivity index (χ4v) is 2.19. The first kappa shape index (κ1) is 13.9. The number of hydrogen-bond donors (Lipinski definition) is 1. The molecule has 3 rings (SSSR count). The Hall–Kier alpha value is -2.11. The van der Waals surface area contributed by atoms with Crippen LogP contribution < -0.4 is 5.32 Å². The molecule has 0 fully saturated rings. The molecule has 0 bridgehead atoms. The van der Waals surface area contributed by atoms with Crippen LogP contribution in [0, 0.1) is 5.82 Å². The minimum absolute atomic E-state index is 0.183. The van der Waals surface area contributed by atoms with Crippen molar-refractivity contribution in [3.63, 3.8) is 0 Å². The first-order valence-electron chi connectivity index (χ1n) is 5.93. The van der Waals surface area contributed by atoms with Gasteiger partial charge in [-0.2, -0.15) is 0 Å². The monoisotopic (exact) mass is 323 g/mol. The molecule has 0 aliphatic carbocycles. The molecule has 0 amide bonds. The van der Waals surface area contributed by atoms with Gasteiger partial charge in [-0.15, -0.1) is 5.10 Å². The van der Waals surface area contributed by atoms with Gasteiger partial charge in [-0.05, 0) is 42.5 Å². The number of hydrogen-bond acceptors (Lipinski definition) is 4. The second-order valence-electron chi connectivity index (χ2n) is 4.17. The molecule has 0 saturated carbocycles. The molecule has 106 valence electrons. The van der Waals surface area contributed by atoms with Gasteiger partial charge in [0.1, 0.15) is 5.82 Å². The average molecular weight is 324 g/mol. The number of aromatic nitrogens is 2. The molecule has 7 heteroatoms. The van der Waals surface area contributed by atoms with Gasteiger partial charge in [0.15, 0.2) is 0 Å². The van der Waals surface area contributed by atoms with Crippen LogP contribution in [0.3, 0.4) is 0 Å². The molecule has 0 aliphatic rings. The molecule has 1 aromatic heterocycles. The zero-order valence-corrected chi connectivity index (χ0v) is 12.0. The van der Waals surface area contributed by atoms with Crippen LogP contribution in [0.2, 0.25) is 10.0 Å². The molecule has 3 aromatic rings. The molecule has 21 heavy (non-hydrogen) atoms. The fourth-order valence-electron chi connectivity index (χ4n) is 1.70. The van der Waals surface area contributed by atoms with Crippen LogP contribution in [0.4, 0.5) is 16.1 Å². The molecule has 1 heterocycles. The van der Waals surface area contributed by atoms with Gasteiger partial charge in [-0.1, -0.05) is 28.3 Å². The Bertz CT molecular complexity index is 774. The van der Waals surface area contributed by atoms with Crippen LogP contribution in [0.15, 0.2) is 46.9 Å². The summed E-state index contributed by atoms with van der Waals surface area (Å²) in [6.07, 6.45) is 0. The van der Waals surface area contributed by atoms with Crippen molar-refractivity contribution in [1.29, 1.82) is 0 Å². The lowest BCUT2D eigenvalue weighted by Gasteiger charge is -2.01. The van der Waals surface area contributed by atoms with E-state index in [4.69, 9.17) is 27.6 Å². The van der Waals surface area contributed by atoms with Gasteiger partial charge >= 0.3 is 6.01 Å². The Labute approximate surface area is 129 Å². The zero-order valence-electron chi connectivity index (χ0n) is 10.5. The second kappa shape index (κ2) is 5.71. The SMILES string of the molecule is Fc1ccc(Nc2nnc(-c3ccc(Cl)cc3Cl)o2)cc1. The van der Waals surface area contributed by atoms with Gasteiger partial charge < -0.3 is 9.73 Å². The highest BCUT2D eigenvalue weighted by molar-refractivity contribution is 6.36. The van der Waals surface area contributed by atoms with Crippen LogP contribution in [-0.4, -0.2) is 10.2 Å². The molecule has 2 aromatic carbocycles. The molecule has 0 atom stereocenters. The number of rotatable bonds is 3. The van der Waals surface area contributed by atoms with E-state index in [1.807, 2.05) is 0 Å². The van der Waals surface area contributed by atoms with Crippen molar-refractivity contribution >= 4 is 34.9 Å². The third-order valence-corrected chi connectivity index (χ3v) is 3.23. The summed E-state index contributed by atoms with van der Waals surface area (Å²) in [5.74, 6) is -0.0546. The Balaban J connectivity index is 1.84. The van der Waals surface area contributed by atoms with E-state index in [9.17, 15) is 4.39 Å². The van der Waals surface area contributed by atoms with Crippen molar-refractivity contribution in [1.82, 2.24) is 10.2 Å². The summed E-state index contributed by atoms with van der Waals surface area (Å²) in [7, 11) is 0. The summed E-state index contributed by atoms with van der Waals surface area (Å²) in [5, 5.41) is 11.6. The molecular formula is C14H8Cl2FN3O. The van der Waals surface area contributed by atoms with Gasteiger partial charge in [0.2, 0.25) is 0 Å². The summed E-state index contributed by atoms with van der Waals surface area (Å²) in [5.41, 5.74) is 1.22. The highest BCUT2D eigenvalue weighted by atomic mass is 35.5. The lowest BCUT2D eigenvalue weighted by Crippen LogP contribution is -1.90. The van der Waals surface area contributed by atoms with E-state index >= 15 is 0 Å². The average Bonchev–Trinajstić information content (AvgIpc) is 2.90. The molecule has 0 radical (unpaired) electrons. The number of nitrogens with zero attached hydrogens (tertiary/aromatic N) is 2. The first-order chi connectivity index (χ1) is 10.1. The van der Waals surface area contributed by atoms with Crippen molar-refractivity contribution in [2.75, 3.05) is 5.32 Å². The summed E-state index contributed by atoms with van der Waals surface area (Å²) >= 11 is 11.9. The van der Waals surface area contributed by atoms with Crippen molar-refractivity contribution in [3.8, 4) is 11.5 Å². The Morgan fingerprint density at radius 1 is 1.00 bits per heavy atom. The third-order valence-electron chi connectivity index (χ3n) is 2.68. The van der Waals surface area contributed by atoms with E-state index in [1.165, 1.54) is 12.1 Å². The Morgan fingerprint density at radius 2 is 1.76 bits per heavy atom. The van der Waals surface area contributed by atoms with Gasteiger partial charge in [0.25, 0.3) is 5.89 Å². The lowest BCUT2D eigenvalue weighted by molar-refractivity contribution is 0.587. The Morgan fingerprint density at radius 3 is 2.48 bits per heavy atom. The van der Waals surface area contributed by atoms with Crippen molar-refractivity contribution in [2.24, 2.45) is 0 Å². The number of nitrogens with one attached hydrogen (secondary N) is 1. The lowest BCUT2D eigenvalue weighted by atomic mass is 10.2. The molecule has 0 unspecified atom stereocenters. The number of anilines is 2. The maximum absolute atomic E-state index is 12.8. The number of benzene rings is 2. The number of halogens is 3. The van der Waals surface area contributed by atoms with E-state index in [0.29, 0.717) is 21.3 Å². The topological polar surface area (TPSA) is 51.0 Å². The second-order valence-corrected chi connectivity index (χ2v) is 5.01. The first-order valence-corrected chi connectivity index (χ1v) is 6.69. The van der Waals surface area contributed by atoms with E-state index in [-0.39, 0.29) is 17.7 Å². The van der Waals surface area contributed by atoms with Crippen LogP contribution in [0.25, 0.3) is 11.5 Å². The van der Waals surface area contributed by atoms with Crippen LogP contribution >= 0.6 is 23.2 Å². The van der Waals surface area contributed by atoms with E-state index in [2.05, 4.69) is 15.5 Å². The smallest absolute Gasteiger partial charge is 0.320 e.